The summed E-state index contributed by atoms with van der Waals surface area (Å²) in [5.41, 5.74) is 2.12. The van der Waals surface area contributed by atoms with Crippen LogP contribution in [0.25, 0.3) is 11.0 Å². The lowest BCUT2D eigenvalue weighted by Crippen LogP contribution is -2.36. The van der Waals surface area contributed by atoms with Crippen LogP contribution >= 0.6 is 0 Å². The fourth-order valence-electron chi connectivity index (χ4n) is 1.95. The van der Waals surface area contributed by atoms with Gasteiger partial charge in [-0.1, -0.05) is 18.2 Å². The Morgan fingerprint density at radius 2 is 2.06 bits per heavy atom. The van der Waals surface area contributed by atoms with Gasteiger partial charge in [-0.15, -0.1) is 0 Å². The lowest BCUT2D eigenvalue weighted by molar-refractivity contribution is 0.535. The van der Waals surface area contributed by atoms with Crippen LogP contribution in [0.2, 0.25) is 0 Å². The third kappa shape index (κ3) is 2.47. The average Bonchev–Trinajstić information content (AvgIpc) is 2.72. The molecule has 4 nitrogen and oxygen atoms in total. The monoisotopic (exact) mass is 245 g/mol. The average molecular weight is 245 g/mol. The molecule has 0 radical (unpaired) electrons. The number of aliphatic imine (C=N–C) groups is 1. The van der Waals surface area contributed by atoms with E-state index < -0.39 is 0 Å². The van der Waals surface area contributed by atoms with Crippen molar-refractivity contribution in [2.75, 3.05) is 13.6 Å². The minimum Gasteiger partial charge on any atom is -0.459 e. The summed E-state index contributed by atoms with van der Waals surface area (Å²) in [5, 5.41) is 7.56. The van der Waals surface area contributed by atoms with Crippen molar-refractivity contribution in [2.45, 2.75) is 20.4 Å². The first-order valence-corrected chi connectivity index (χ1v) is 6.17. The largest absolute Gasteiger partial charge is 0.459 e. The number of nitrogens with one attached hydrogen (secondary N) is 2. The Balaban J connectivity index is 2.15. The summed E-state index contributed by atoms with van der Waals surface area (Å²) in [4.78, 5) is 4.13. The highest BCUT2D eigenvalue weighted by atomic mass is 16.3. The van der Waals surface area contributed by atoms with Gasteiger partial charge in [-0.2, -0.15) is 0 Å². The van der Waals surface area contributed by atoms with Crippen molar-refractivity contribution in [1.29, 1.82) is 0 Å². The van der Waals surface area contributed by atoms with Crippen LogP contribution in [0, 0.1) is 6.92 Å². The molecule has 0 unspecified atom stereocenters. The van der Waals surface area contributed by atoms with E-state index in [9.17, 15) is 0 Å². The SMILES string of the molecule is CCNC(=NC)NCc1oc2ccccc2c1C. The zero-order chi connectivity index (χ0) is 13.0. The standard InChI is InChI=1S/C14H19N3O/c1-4-16-14(15-3)17-9-13-10(2)11-7-5-6-8-12(11)18-13/h5-8H,4,9H2,1-3H3,(H2,15,16,17). The van der Waals surface area contributed by atoms with Gasteiger partial charge in [0.15, 0.2) is 5.96 Å². The molecule has 1 heterocycles. The molecule has 0 aliphatic rings. The van der Waals surface area contributed by atoms with Crippen molar-refractivity contribution in [3.8, 4) is 0 Å². The van der Waals surface area contributed by atoms with Crippen molar-refractivity contribution in [2.24, 2.45) is 4.99 Å². The number of hydrogen-bond donors (Lipinski definition) is 2. The summed E-state index contributed by atoms with van der Waals surface area (Å²) in [6.45, 7) is 5.61. The van der Waals surface area contributed by atoms with Crippen molar-refractivity contribution >= 4 is 16.9 Å². The number of furan rings is 1. The van der Waals surface area contributed by atoms with Crippen LogP contribution in [0.1, 0.15) is 18.2 Å². The minimum absolute atomic E-state index is 0.639. The van der Waals surface area contributed by atoms with Crippen LogP contribution < -0.4 is 10.6 Å². The second kappa shape index (κ2) is 5.58. The summed E-state index contributed by atoms with van der Waals surface area (Å²) >= 11 is 0. The number of guanidine groups is 1. The molecule has 2 N–H and O–H groups in total. The van der Waals surface area contributed by atoms with Crippen molar-refractivity contribution in [3.63, 3.8) is 0 Å². The summed E-state index contributed by atoms with van der Waals surface area (Å²) in [6, 6.07) is 8.08. The molecule has 2 rings (SSSR count). The molecule has 0 saturated heterocycles. The molecule has 0 saturated carbocycles. The van der Waals surface area contributed by atoms with Crippen molar-refractivity contribution in [3.05, 3.63) is 35.6 Å². The van der Waals surface area contributed by atoms with E-state index in [1.54, 1.807) is 7.05 Å². The third-order valence-corrected chi connectivity index (χ3v) is 2.93. The Bertz CT molecular complexity index is 557. The molecule has 0 atom stereocenters. The maximum atomic E-state index is 5.83. The number of aryl methyl sites for hydroxylation is 1. The molecular formula is C14H19N3O. The first-order chi connectivity index (χ1) is 8.76. The maximum absolute atomic E-state index is 5.83. The zero-order valence-electron chi connectivity index (χ0n) is 11.1. The molecule has 0 aliphatic heterocycles. The van der Waals surface area contributed by atoms with Crippen molar-refractivity contribution < 1.29 is 4.42 Å². The number of hydrogen-bond acceptors (Lipinski definition) is 2. The van der Waals surface area contributed by atoms with Crippen LogP contribution in [0.15, 0.2) is 33.7 Å². The molecule has 1 aromatic carbocycles. The second-order valence-electron chi connectivity index (χ2n) is 4.10. The number of rotatable bonds is 3. The first-order valence-electron chi connectivity index (χ1n) is 6.17. The molecule has 2 aromatic rings. The van der Waals surface area contributed by atoms with Gasteiger partial charge in [-0.05, 0) is 19.9 Å². The van der Waals surface area contributed by atoms with E-state index in [4.69, 9.17) is 4.42 Å². The Kier molecular flexibility index (Phi) is 3.87. The molecule has 0 bridgehead atoms. The molecule has 4 heteroatoms. The first kappa shape index (κ1) is 12.5. The molecule has 18 heavy (non-hydrogen) atoms. The Morgan fingerprint density at radius 1 is 1.28 bits per heavy atom. The highest BCUT2D eigenvalue weighted by Gasteiger charge is 2.09. The summed E-state index contributed by atoms with van der Waals surface area (Å²) in [6.07, 6.45) is 0. The van der Waals surface area contributed by atoms with E-state index in [2.05, 4.69) is 28.6 Å². The quantitative estimate of drug-likeness (QED) is 0.645. The van der Waals surface area contributed by atoms with Gasteiger partial charge in [0.2, 0.25) is 0 Å². The van der Waals surface area contributed by atoms with Gasteiger partial charge in [-0.25, -0.2) is 0 Å². The molecular weight excluding hydrogens is 226 g/mol. The minimum atomic E-state index is 0.639. The predicted octanol–water partition coefficient (Wildman–Crippen LogP) is 2.43. The molecule has 0 aliphatic carbocycles. The van der Waals surface area contributed by atoms with Gasteiger partial charge in [0.05, 0.1) is 6.54 Å². The van der Waals surface area contributed by atoms with Crippen LogP contribution in [0.4, 0.5) is 0 Å². The zero-order valence-corrected chi connectivity index (χ0v) is 11.1. The third-order valence-electron chi connectivity index (χ3n) is 2.93. The van der Waals surface area contributed by atoms with Crippen LogP contribution in [-0.4, -0.2) is 19.6 Å². The van der Waals surface area contributed by atoms with E-state index in [0.717, 1.165) is 23.8 Å². The molecule has 0 amide bonds. The van der Waals surface area contributed by atoms with E-state index in [1.165, 1.54) is 10.9 Å². The summed E-state index contributed by atoms with van der Waals surface area (Å²) in [5.74, 6) is 1.74. The van der Waals surface area contributed by atoms with Gasteiger partial charge in [0, 0.05) is 24.5 Å². The Labute approximate surface area is 107 Å². The van der Waals surface area contributed by atoms with Gasteiger partial charge in [0.1, 0.15) is 11.3 Å². The lowest BCUT2D eigenvalue weighted by atomic mass is 10.1. The normalized spacial score (nSPS) is 11.8. The van der Waals surface area contributed by atoms with Gasteiger partial charge < -0.3 is 15.1 Å². The lowest BCUT2D eigenvalue weighted by Gasteiger charge is -2.08. The van der Waals surface area contributed by atoms with E-state index >= 15 is 0 Å². The van der Waals surface area contributed by atoms with Gasteiger partial charge >= 0.3 is 0 Å². The van der Waals surface area contributed by atoms with Crippen molar-refractivity contribution in [1.82, 2.24) is 10.6 Å². The predicted molar refractivity (Wildman–Crippen MR) is 74.8 cm³/mol. The smallest absolute Gasteiger partial charge is 0.191 e. The number of para-hydroxylation sites is 1. The second-order valence-corrected chi connectivity index (χ2v) is 4.10. The maximum Gasteiger partial charge on any atom is 0.191 e. The molecule has 0 fully saturated rings. The van der Waals surface area contributed by atoms with E-state index in [1.807, 2.05) is 25.1 Å². The molecule has 96 valence electrons. The summed E-state index contributed by atoms with van der Waals surface area (Å²) < 4.78 is 5.83. The van der Waals surface area contributed by atoms with Gasteiger partial charge in [-0.3, -0.25) is 4.99 Å². The fourth-order valence-corrected chi connectivity index (χ4v) is 1.95. The number of benzene rings is 1. The van der Waals surface area contributed by atoms with Gasteiger partial charge in [0.25, 0.3) is 0 Å². The Morgan fingerprint density at radius 3 is 2.72 bits per heavy atom. The Hall–Kier alpha value is -1.97. The van der Waals surface area contributed by atoms with E-state index in [-0.39, 0.29) is 0 Å². The van der Waals surface area contributed by atoms with E-state index in [0.29, 0.717) is 6.54 Å². The fraction of sp³-hybridized carbons (Fsp3) is 0.357. The highest BCUT2D eigenvalue weighted by molar-refractivity contribution is 5.82. The number of fused-ring (bicyclic) bond motifs is 1. The van der Waals surface area contributed by atoms with Crippen LogP contribution in [0.5, 0.6) is 0 Å². The highest BCUT2D eigenvalue weighted by Crippen LogP contribution is 2.24. The number of nitrogens with zero attached hydrogens (tertiary/aromatic N) is 1. The molecule has 0 spiro atoms. The topological polar surface area (TPSA) is 49.6 Å². The molecule has 1 aromatic heterocycles. The summed E-state index contributed by atoms with van der Waals surface area (Å²) in [7, 11) is 1.76. The van der Waals surface area contributed by atoms with Crippen LogP contribution in [0.3, 0.4) is 0 Å². The van der Waals surface area contributed by atoms with Crippen LogP contribution in [-0.2, 0) is 6.54 Å².